The minimum absolute atomic E-state index is 0. The summed E-state index contributed by atoms with van der Waals surface area (Å²) < 4.78 is 0. The summed E-state index contributed by atoms with van der Waals surface area (Å²) in [5, 5.41) is 0. The van der Waals surface area contributed by atoms with E-state index in [1.807, 2.05) is 18.2 Å². The number of hydrogen-bond donors (Lipinski definition) is 1. The van der Waals surface area contributed by atoms with Crippen molar-refractivity contribution < 1.29 is 22.4 Å². The zero-order chi connectivity index (χ0) is 11.7. The first-order valence-electron chi connectivity index (χ1n) is 5.50. The van der Waals surface area contributed by atoms with Crippen molar-refractivity contribution in [2.75, 3.05) is 24.2 Å². The summed E-state index contributed by atoms with van der Waals surface area (Å²) in [6.45, 7) is 6.92. The van der Waals surface area contributed by atoms with Crippen LogP contribution in [0.1, 0.15) is 20.8 Å². The Morgan fingerprint density at radius 3 is 1.69 bits per heavy atom. The zero-order valence-corrected chi connectivity index (χ0v) is 14.2. The van der Waals surface area contributed by atoms with Crippen molar-refractivity contribution in [3.8, 4) is 0 Å². The number of para-hydroxylation sites is 1. The van der Waals surface area contributed by atoms with Crippen molar-refractivity contribution in [1.82, 2.24) is 0 Å². The fourth-order valence-corrected chi connectivity index (χ4v) is 2.88. The summed E-state index contributed by atoms with van der Waals surface area (Å²) in [5.41, 5.74) is 6.10. The van der Waals surface area contributed by atoms with Crippen molar-refractivity contribution in [2.24, 2.45) is 0 Å². The average Bonchev–Trinajstić information content (AvgIpc) is 2.26. The van der Waals surface area contributed by atoms with Crippen LogP contribution in [0.15, 0.2) is 29.2 Å². The van der Waals surface area contributed by atoms with Crippen LogP contribution in [0.4, 0.5) is 5.69 Å². The molecule has 16 heavy (non-hydrogen) atoms. The average molecular weight is 440 g/mol. The molecule has 0 amide bonds. The number of nitrogens with two attached hydrogens (primary N) is 1. The maximum Gasteiger partial charge on any atom is 1.00 e. The predicted molar refractivity (Wildman–Crippen MR) is 76.4 cm³/mol. The van der Waals surface area contributed by atoms with Gasteiger partial charge >= 0.3 is 22.4 Å². The van der Waals surface area contributed by atoms with Gasteiger partial charge in [0.1, 0.15) is 0 Å². The van der Waals surface area contributed by atoms with Crippen LogP contribution in [0.5, 0.6) is 0 Å². The number of rotatable bonds is 3. The summed E-state index contributed by atoms with van der Waals surface area (Å²) in [7, 11) is 0.137. The third-order valence-corrected chi connectivity index (χ3v) is 5.79. The van der Waals surface area contributed by atoms with Crippen LogP contribution in [0, 0.1) is 0 Å². The van der Waals surface area contributed by atoms with Crippen LogP contribution < -0.4 is 5.73 Å². The van der Waals surface area contributed by atoms with Gasteiger partial charge in [-0.15, -0.1) is 0 Å². The van der Waals surface area contributed by atoms with Gasteiger partial charge in [-0.05, 0) is 34.8 Å². The van der Waals surface area contributed by atoms with E-state index < -0.39 is 0 Å². The molecule has 0 aromatic heterocycles. The molecule has 0 spiro atoms. The molecule has 0 saturated heterocycles. The van der Waals surface area contributed by atoms with E-state index in [1.165, 1.54) is 18.5 Å². The SMILES string of the molecule is CC[PH+](CC)CC.Nc1ccccc1[S-].[Au+]. The Balaban J connectivity index is 0. The molecule has 96 valence electrons. The number of anilines is 1. The van der Waals surface area contributed by atoms with Crippen molar-refractivity contribution in [3.63, 3.8) is 0 Å². The first-order valence-corrected chi connectivity index (χ1v) is 8.03. The molecule has 0 aliphatic rings. The Morgan fingerprint density at radius 2 is 1.50 bits per heavy atom. The monoisotopic (exact) mass is 440 g/mol. The quantitative estimate of drug-likeness (QED) is 0.338. The molecule has 1 rings (SSSR count). The Labute approximate surface area is 122 Å². The fraction of sp³-hybridized carbons (Fsp3) is 0.500. The van der Waals surface area contributed by atoms with Crippen molar-refractivity contribution in [1.29, 1.82) is 0 Å². The van der Waals surface area contributed by atoms with Crippen molar-refractivity contribution in [3.05, 3.63) is 24.3 Å². The maximum atomic E-state index is 5.42. The molecule has 1 aromatic carbocycles. The second-order valence-electron chi connectivity index (χ2n) is 3.35. The number of hydrogen-bond acceptors (Lipinski definition) is 2. The molecule has 1 aromatic rings. The van der Waals surface area contributed by atoms with E-state index >= 15 is 0 Å². The molecule has 0 aliphatic carbocycles. The predicted octanol–water partition coefficient (Wildman–Crippen LogP) is 3.43. The van der Waals surface area contributed by atoms with Crippen LogP contribution in [-0.2, 0) is 35.0 Å². The van der Waals surface area contributed by atoms with Crippen LogP contribution in [0.2, 0.25) is 0 Å². The molecule has 0 unspecified atom stereocenters. The van der Waals surface area contributed by atoms with E-state index in [2.05, 4.69) is 20.8 Å². The largest absolute Gasteiger partial charge is 1.00 e. The molecule has 0 aliphatic heterocycles. The molecule has 4 heteroatoms. The van der Waals surface area contributed by atoms with E-state index in [0.717, 1.165) is 4.90 Å². The Kier molecular flexibility index (Phi) is 13.9. The fourth-order valence-electron chi connectivity index (χ4n) is 1.23. The second-order valence-corrected chi connectivity index (χ2v) is 7.41. The van der Waals surface area contributed by atoms with Crippen LogP contribution >= 0.6 is 7.92 Å². The maximum absolute atomic E-state index is 5.42. The van der Waals surface area contributed by atoms with Gasteiger partial charge in [0.15, 0.2) is 0 Å². The summed E-state index contributed by atoms with van der Waals surface area (Å²) in [6, 6.07) is 7.34. The van der Waals surface area contributed by atoms with Gasteiger partial charge < -0.3 is 18.4 Å². The van der Waals surface area contributed by atoms with Crippen molar-refractivity contribution in [2.45, 2.75) is 25.7 Å². The third kappa shape index (κ3) is 8.55. The molecule has 0 radical (unpaired) electrons. The van der Waals surface area contributed by atoms with Gasteiger partial charge in [0.2, 0.25) is 0 Å². The Bertz CT molecular complexity index is 240. The Morgan fingerprint density at radius 1 is 1.06 bits per heavy atom. The van der Waals surface area contributed by atoms with Gasteiger partial charge in [0.25, 0.3) is 0 Å². The first-order chi connectivity index (χ1) is 7.15. The summed E-state index contributed by atoms with van der Waals surface area (Å²) in [6.07, 6.45) is 4.37. The molecular weight excluding hydrogens is 418 g/mol. The van der Waals surface area contributed by atoms with E-state index in [4.69, 9.17) is 18.4 Å². The normalized spacial score (nSPS) is 9.00. The second kappa shape index (κ2) is 11.9. The molecule has 0 fully saturated rings. The summed E-state index contributed by atoms with van der Waals surface area (Å²) in [4.78, 5) is 0.729. The summed E-state index contributed by atoms with van der Waals surface area (Å²) in [5.74, 6) is 0. The smallest absolute Gasteiger partial charge is 0.778 e. The van der Waals surface area contributed by atoms with Gasteiger partial charge in [0, 0.05) is 5.69 Å². The van der Waals surface area contributed by atoms with Crippen LogP contribution in [0.3, 0.4) is 0 Å². The zero-order valence-electron chi connectivity index (χ0n) is 10.2. The molecule has 0 saturated carbocycles. The van der Waals surface area contributed by atoms with Crippen LogP contribution in [0.25, 0.3) is 0 Å². The standard InChI is InChI=1S/C6H7NS.C6H15P.Au/c7-5-3-1-2-4-6(5)8;1-4-7(5-2)6-3;/h1-4,8H,7H2;4-6H2,1-3H3;/q;;+1. The van der Waals surface area contributed by atoms with E-state index in [0.29, 0.717) is 5.69 Å². The van der Waals surface area contributed by atoms with Gasteiger partial charge in [-0.1, -0.05) is 18.2 Å². The van der Waals surface area contributed by atoms with Gasteiger partial charge in [0.05, 0.1) is 18.5 Å². The summed E-state index contributed by atoms with van der Waals surface area (Å²) >= 11 is 4.83. The first kappa shape index (κ1) is 18.8. The van der Waals surface area contributed by atoms with Gasteiger partial charge in [-0.3, -0.25) is 0 Å². The van der Waals surface area contributed by atoms with Gasteiger partial charge in [-0.2, -0.15) is 4.90 Å². The minimum atomic E-state index is 0. The number of benzene rings is 1. The van der Waals surface area contributed by atoms with E-state index in [1.54, 1.807) is 6.07 Å². The Hall–Kier alpha value is 0.410. The molecule has 0 atom stereocenters. The molecule has 0 heterocycles. The molecule has 2 N–H and O–H groups in total. The van der Waals surface area contributed by atoms with E-state index in [-0.39, 0.29) is 30.3 Å². The van der Waals surface area contributed by atoms with Gasteiger partial charge in [-0.25, -0.2) is 0 Å². The topological polar surface area (TPSA) is 26.0 Å². The molecular formula is C12H22AuNPS+. The third-order valence-electron chi connectivity index (χ3n) is 2.42. The molecule has 1 nitrogen and oxygen atoms in total. The van der Waals surface area contributed by atoms with Crippen molar-refractivity contribution >= 4 is 26.2 Å². The van der Waals surface area contributed by atoms with E-state index in [9.17, 15) is 0 Å². The molecule has 0 bridgehead atoms. The number of nitrogen functional groups attached to an aromatic ring is 1. The minimum Gasteiger partial charge on any atom is -0.778 e. The van der Waals surface area contributed by atoms with Crippen LogP contribution in [-0.4, -0.2) is 18.5 Å².